The van der Waals surface area contributed by atoms with E-state index in [1.165, 1.54) is 23.1 Å². The molecular weight excluding hydrogens is 218 g/mol. The zero-order valence-electron chi connectivity index (χ0n) is 8.73. The van der Waals surface area contributed by atoms with E-state index in [0.29, 0.717) is 5.92 Å². The van der Waals surface area contributed by atoms with E-state index in [9.17, 15) is 0 Å². The van der Waals surface area contributed by atoms with Crippen LogP contribution >= 0.6 is 11.6 Å². The Kier molecular flexibility index (Phi) is 2.41. The lowest BCUT2D eigenvalue weighted by Crippen LogP contribution is -1.88. The van der Waals surface area contributed by atoms with E-state index >= 15 is 0 Å². The highest BCUT2D eigenvalue weighted by atomic mass is 35.5. The molecule has 2 heteroatoms. The van der Waals surface area contributed by atoms with Gasteiger partial charge in [-0.3, -0.25) is 4.98 Å². The maximum Gasteiger partial charge on any atom is 0.0406 e. The van der Waals surface area contributed by atoms with Gasteiger partial charge in [-0.2, -0.15) is 0 Å². The lowest BCUT2D eigenvalue weighted by molar-refractivity contribution is 1.12. The van der Waals surface area contributed by atoms with Gasteiger partial charge in [-0.25, -0.2) is 0 Å². The monoisotopic (exact) mass is 228 g/mol. The molecular formula is C14H11ClN. The average Bonchev–Trinajstić information content (AvgIpc) is 3.14. The van der Waals surface area contributed by atoms with Crippen LogP contribution in [-0.2, 0) is 0 Å². The Hall–Kier alpha value is -1.34. The topological polar surface area (TPSA) is 12.9 Å². The molecule has 16 heavy (non-hydrogen) atoms. The molecule has 1 fully saturated rings. The lowest BCUT2D eigenvalue weighted by Gasteiger charge is -2.07. The Labute approximate surface area is 100 Å². The number of pyridine rings is 1. The minimum absolute atomic E-state index is 0.597. The molecule has 1 atom stereocenters. The second kappa shape index (κ2) is 3.91. The van der Waals surface area contributed by atoms with Gasteiger partial charge in [-0.1, -0.05) is 23.7 Å². The van der Waals surface area contributed by atoms with E-state index < -0.39 is 0 Å². The van der Waals surface area contributed by atoms with Crippen molar-refractivity contribution in [2.75, 3.05) is 0 Å². The van der Waals surface area contributed by atoms with Gasteiger partial charge in [0.15, 0.2) is 0 Å². The number of nitrogens with zero attached hydrogens (tertiary/aromatic N) is 1. The fourth-order valence-electron chi connectivity index (χ4n) is 1.92. The zero-order valence-corrected chi connectivity index (χ0v) is 9.48. The molecule has 1 radical (unpaired) electrons. The lowest BCUT2D eigenvalue weighted by atomic mass is 9.99. The van der Waals surface area contributed by atoms with Crippen molar-refractivity contribution >= 4 is 11.6 Å². The summed E-state index contributed by atoms with van der Waals surface area (Å²) in [4.78, 5) is 4.20. The number of hydrogen-bond acceptors (Lipinski definition) is 1. The van der Waals surface area contributed by atoms with E-state index in [4.69, 9.17) is 11.6 Å². The molecule has 2 aromatic rings. The molecule has 0 bridgehead atoms. The predicted molar refractivity (Wildman–Crippen MR) is 66.3 cm³/mol. The first-order chi connectivity index (χ1) is 7.84. The summed E-state index contributed by atoms with van der Waals surface area (Å²) in [5, 5.41) is 0.775. The van der Waals surface area contributed by atoms with Crippen LogP contribution in [0.15, 0.2) is 42.7 Å². The van der Waals surface area contributed by atoms with Gasteiger partial charge in [0.1, 0.15) is 0 Å². The maximum atomic E-state index is 5.90. The standard InChI is InChI=1S/C14H11ClN/c15-12-5-3-10(4-6-12)13-7-8-16-9-14(13)11-1-2-11/h1,3-9,11H,2H2. The van der Waals surface area contributed by atoms with Crippen LogP contribution in [0.2, 0.25) is 5.02 Å². The summed E-state index contributed by atoms with van der Waals surface area (Å²) < 4.78 is 0. The SMILES string of the molecule is Clc1ccc(-c2ccncc2C2[CH]C2)cc1. The van der Waals surface area contributed by atoms with Gasteiger partial charge in [-0.15, -0.1) is 0 Å². The summed E-state index contributed by atoms with van der Waals surface area (Å²) in [7, 11) is 0. The number of hydrogen-bond donors (Lipinski definition) is 0. The molecule has 1 saturated carbocycles. The van der Waals surface area contributed by atoms with Crippen molar-refractivity contribution in [1.29, 1.82) is 0 Å². The first-order valence-electron chi connectivity index (χ1n) is 5.38. The smallest absolute Gasteiger partial charge is 0.0406 e. The van der Waals surface area contributed by atoms with Crippen molar-refractivity contribution in [3.8, 4) is 11.1 Å². The van der Waals surface area contributed by atoms with Crippen molar-refractivity contribution in [3.63, 3.8) is 0 Å². The van der Waals surface area contributed by atoms with Gasteiger partial charge in [0.05, 0.1) is 0 Å². The third kappa shape index (κ3) is 1.83. The van der Waals surface area contributed by atoms with Crippen molar-refractivity contribution in [3.05, 3.63) is 59.7 Å². The van der Waals surface area contributed by atoms with E-state index in [2.05, 4.69) is 29.6 Å². The summed E-state index contributed by atoms with van der Waals surface area (Å²) in [5.74, 6) is 0.597. The molecule has 0 aliphatic heterocycles. The Bertz CT molecular complexity index is 500. The second-order valence-electron chi connectivity index (χ2n) is 4.05. The summed E-state index contributed by atoms with van der Waals surface area (Å²) in [5.41, 5.74) is 3.80. The highest BCUT2D eigenvalue weighted by Gasteiger charge is 2.26. The fourth-order valence-corrected chi connectivity index (χ4v) is 2.04. The Balaban J connectivity index is 2.08. The molecule has 0 saturated heterocycles. The van der Waals surface area contributed by atoms with Gasteiger partial charge < -0.3 is 0 Å². The minimum atomic E-state index is 0.597. The Morgan fingerprint density at radius 1 is 1.12 bits per heavy atom. The molecule has 1 aromatic carbocycles. The number of benzene rings is 1. The largest absolute Gasteiger partial charge is 0.264 e. The van der Waals surface area contributed by atoms with E-state index in [0.717, 1.165) is 5.02 Å². The third-order valence-corrected chi connectivity index (χ3v) is 3.13. The van der Waals surface area contributed by atoms with Crippen LogP contribution in [0.3, 0.4) is 0 Å². The van der Waals surface area contributed by atoms with Crippen LogP contribution in [0.4, 0.5) is 0 Å². The van der Waals surface area contributed by atoms with Gasteiger partial charge in [0.25, 0.3) is 0 Å². The van der Waals surface area contributed by atoms with Gasteiger partial charge in [0, 0.05) is 17.4 Å². The molecule has 0 spiro atoms. The highest BCUT2D eigenvalue weighted by molar-refractivity contribution is 6.30. The molecule has 3 rings (SSSR count). The van der Waals surface area contributed by atoms with Gasteiger partial charge in [-0.05, 0) is 53.6 Å². The predicted octanol–water partition coefficient (Wildman–Crippen LogP) is 4.09. The first-order valence-corrected chi connectivity index (χ1v) is 5.75. The van der Waals surface area contributed by atoms with Crippen molar-refractivity contribution in [2.45, 2.75) is 12.3 Å². The number of halogens is 1. The Morgan fingerprint density at radius 3 is 2.56 bits per heavy atom. The minimum Gasteiger partial charge on any atom is -0.264 e. The summed E-state index contributed by atoms with van der Waals surface area (Å²) >= 11 is 5.90. The fraction of sp³-hybridized carbons (Fsp3) is 0.143. The molecule has 0 amide bonds. The average molecular weight is 229 g/mol. The second-order valence-corrected chi connectivity index (χ2v) is 4.48. The van der Waals surface area contributed by atoms with Crippen molar-refractivity contribution < 1.29 is 0 Å². The van der Waals surface area contributed by atoms with E-state index in [1.54, 1.807) is 0 Å². The van der Waals surface area contributed by atoms with Crippen LogP contribution in [0.5, 0.6) is 0 Å². The Morgan fingerprint density at radius 2 is 1.88 bits per heavy atom. The van der Waals surface area contributed by atoms with Crippen LogP contribution < -0.4 is 0 Å². The molecule has 0 N–H and O–H groups in total. The maximum absolute atomic E-state index is 5.90. The molecule has 1 aliphatic rings. The van der Waals surface area contributed by atoms with Gasteiger partial charge in [0.2, 0.25) is 0 Å². The quantitative estimate of drug-likeness (QED) is 0.754. The zero-order chi connectivity index (χ0) is 11.0. The molecule has 1 aliphatic carbocycles. The molecule has 1 nitrogen and oxygen atoms in total. The normalized spacial score (nSPS) is 15.1. The first kappa shape index (κ1) is 9.86. The van der Waals surface area contributed by atoms with Crippen LogP contribution in [0.25, 0.3) is 11.1 Å². The summed E-state index contributed by atoms with van der Waals surface area (Å²) in [6, 6.07) is 10.0. The van der Waals surface area contributed by atoms with Crippen LogP contribution in [0.1, 0.15) is 17.9 Å². The summed E-state index contributed by atoms with van der Waals surface area (Å²) in [6.07, 6.45) is 7.29. The highest BCUT2D eigenvalue weighted by Crippen LogP contribution is 2.42. The number of aromatic nitrogens is 1. The van der Waals surface area contributed by atoms with Crippen LogP contribution in [-0.4, -0.2) is 4.98 Å². The van der Waals surface area contributed by atoms with E-state index in [1.807, 2.05) is 24.5 Å². The van der Waals surface area contributed by atoms with E-state index in [-0.39, 0.29) is 0 Å². The number of rotatable bonds is 2. The molecule has 1 heterocycles. The van der Waals surface area contributed by atoms with Crippen molar-refractivity contribution in [2.24, 2.45) is 0 Å². The molecule has 1 aromatic heterocycles. The van der Waals surface area contributed by atoms with Crippen LogP contribution in [0, 0.1) is 6.42 Å². The van der Waals surface area contributed by atoms with Crippen molar-refractivity contribution in [1.82, 2.24) is 4.98 Å². The van der Waals surface area contributed by atoms with Gasteiger partial charge >= 0.3 is 0 Å². The third-order valence-electron chi connectivity index (χ3n) is 2.88. The summed E-state index contributed by atoms with van der Waals surface area (Å²) in [6.45, 7) is 0. The molecule has 1 unspecified atom stereocenters. The molecule has 79 valence electrons.